The van der Waals surface area contributed by atoms with Crippen LogP contribution in [-0.2, 0) is 13.2 Å². The van der Waals surface area contributed by atoms with Crippen molar-refractivity contribution in [1.82, 2.24) is 15.1 Å². The Morgan fingerprint density at radius 2 is 1.63 bits per heavy atom. The maximum atomic E-state index is 5.93. The molecule has 4 nitrogen and oxygen atoms in total. The molecule has 0 aliphatic carbocycles. The Labute approximate surface area is 163 Å². The van der Waals surface area contributed by atoms with Crippen LogP contribution in [0.15, 0.2) is 48.5 Å². The molecule has 1 atom stereocenters. The van der Waals surface area contributed by atoms with Crippen molar-refractivity contribution in [3.63, 3.8) is 0 Å². The fourth-order valence-electron chi connectivity index (χ4n) is 4.10. The average molecular weight is 366 g/mol. The van der Waals surface area contributed by atoms with E-state index in [1.54, 1.807) is 0 Å². The fraction of sp³-hybridized carbons (Fsp3) is 0.478. The molecule has 2 saturated heterocycles. The number of benzene rings is 2. The number of rotatable bonds is 6. The lowest BCUT2D eigenvalue weighted by atomic mass is 10.1. The van der Waals surface area contributed by atoms with Crippen molar-refractivity contribution in [1.29, 1.82) is 0 Å². The highest BCUT2D eigenvalue weighted by Crippen LogP contribution is 2.20. The van der Waals surface area contributed by atoms with Gasteiger partial charge in [-0.3, -0.25) is 9.80 Å². The van der Waals surface area contributed by atoms with E-state index in [-0.39, 0.29) is 0 Å². The van der Waals surface area contributed by atoms with Crippen molar-refractivity contribution in [2.75, 3.05) is 39.3 Å². The first kappa shape index (κ1) is 18.5. The number of hydrogen-bond acceptors (Lipinski definition) is 4. The van der Waals surface area contributed by atoms with E-state index in [4.69, 9.17) is 4.74 Å². The van der Waals surface area contributed by atoms with Crippen LogP contribution in [0.3, 0.4) is 0 Å². The van der Waals surface area contributed by atoms with Gasteiger partial charge >= 0.3 is 0 Å². The van der Waals surface area contributed by atoms with Crippen LogP contribution in [0.25, 0.3) is 0 Å². The molecular formula is C23H31N3O. The molecule has 0 saturated carbocycles. The monoisotopic (exact) mass is 365 g/mol. The van der Waals surface area contributed by atoms with Crippen molar-refractivity contribution in [2.24, 2.45) is 0 Å². The second-order valence-corrected chi connectivity index (χ2v) is 7.88. The largest absolute Gasteiger partial charge is 0.489 e. The van der Waals surface area contributed by atoms with Gasteiger partial charge in [0, 0.05) is 51.9 Å². The van der Waals surface area contributed by atoms with Gasteiger partial charge in [0.1, 0.15) is 12.4 Å². The molecule has 2 aliphatic heterocycles. The summed E-state index contributed by atoms with van der Waals surface area (Å²) in [4.78, 5) is 5.26. The number of nitrogens with zero attached hydrogens (tertiary/aromatic N) is 2. The van der Waals surface area contributed by atoms with Gasteiger partial charge in [-0.2, -0.15) is 0 Å². The minimum atomic E-state index is 0.623. The molecule has 0 spiro atoms. The molecule has 4 rings (SSSR count). The van der Waals surface area contributed by atoms with E-state index < -0.39 is 0 Å². The second-order valence-electron chi connectivity index (χ2n) is 7.88. The number of piperazine rings is 1. The zero-order chi connectivity index (χ0) is 18.5. The zero-order valence-corrected chi connectivity index (χ0v) is 16.4. The van der Waals surface area contributed by atoms with Gasteiger partial charge in [-0.25, -0.2) is 0 Å². The number of ether oxygens (including phenoxy) is 1. The molecule has 2 aliphatic rings. The highest BCUT2D eigenvalue weighted by Gasteiger charge is 2.28. The van der Waals surface area contributed by atoms with E-state index in [0.29, 0.717) is 6.61 Å². The highest BCUT2D eigenvalue weighted by atomic mass is 16.5. The van der Waals surface area contributed by atoms with Crippen LogP contribution in [0.5, 0.6) is 5.75 Å². The van der Waals surface area contributed by atoms with Crippen LogP contribution in [-0.4, -0.2) is 55.1 Å². The smallest absolute Gasteiger partial charge is 0.119 e. The summed E-state index contributed by atoms with van der Waals surface area (Å²) < 4.78 is 5.93. The first-order chi connectivity index (χ1) is 13.3. The highest BCUT2D eigenvalue weighted by molar-refractivity contribution is 5.28. The van der Waals surface area contributed by atoms with Crippen molar-refractivity contribution < 1.29 is 4.74 Å². The van der Waals surface area contributed by atoms with Gasteiger partial charge in [-0.1, -0.05) is 42.0 Å². The van der Waals surface area contributed by atoms with E-state index >= 15 is 0 Å². The quantitative estimate of drug-likeness (QED) is 0.852. The summed E-state index contributed by atoms with van der Waals surface area (Å²) in [5.41, 5.74) is 3.86. The summed E-state index contributed by atoms with van der Waals surface area (Å²) in [6, 6.07) is 17.9. The van der Waals surface area contributed by atoms with Gasteiger partial charge in [0.2, 0.25) is 0 Å². The molecule has 1 N–H and O–H groups in total. The number of hydrogen-bond donors (Lipinski definition) is 1. The first-order valence-corrected chi connectivity index (χ1v) is 10.2. The Morgan fingerprint density at radius 1 is 0.926 bits per heavy atom. The molecule has 2 fully saturated rings. The van der Waals surface area contributed by atoms with Gasteiger partial charge in [-0.15, -0.1) is 0 Å². The lowest BCUT2D eigenvalue weighted by Gasteiger charge is -2.32. The summed E-state index contributed by atoms with van der Waals surface area (Å²) in [7, 11) is 0. The number of aryl methyl sites for hydroxylation is 1. The third-order valence-corrected chi connectivity index (χ3v) is 5.77. The van der Waals surface area contributed by atoms with E-state index in [0.717, 1.165) is 31.4 Å². The SMILES string of the molecule is Cc1ccc(COc2ccc(CN3CCC(N4CCNCC4)C3)cc2)cc1. The lowest BCUT2D eigenvalue weighted by Crippen LogP contribution is -2.49. The van der Waals surface area contributed by atoms with Crippen LogP contribution < -0.4 is 10.1 Å². The summed E-state index contributed by atoms with van der Waals surface area (Å²) in [5, 5.41) is 3.45. The van der Waals surface area contributed by atoms with Crippen LogP contribution in [0.2, 0.25) is 0 Å². The van der Waals surface area contributed by atoms with E-state index in [9.17, 15) is 0 Å². The van der Waals surface area contributed by atoms with Crippen molar-refractivity contribution >= 4 is 0 Å². The second kappa shape index (κ2) is 8.87. The van der Waals surface area contributed by atoms with Crippen molar-refractivity contribution in [2.45, 2.75) is 32.5 Å². The van der Waals surface area contributed by atoms with Crippen LogP contribution in [0.1, 0.15) is 23.1 Å². The molecule has 0 radical (unpaired) electrons. The number of nitrogens with one attached hydrogen (secondary N) is 1. The third kappa shape index (κ3) is 5.10. The maximum Gasteiger partial charge on any atom is 0.119 e. The summed E-state index contributed by atoms with van der Waals surface area (Å²) in [6.45, 7) is 10.9. The molecule has 0 amide bonds. The van der Waals surface area contributed by atoms with Crippen LogP contribution in [0, 0.1) is 6.92 Å². The minimum Gasteiger partial charge on any atom is -0.489 e. The van der Waals surface area contributed by atoms with Crippen molar-refractivity contribution in [3.8, 4) is 5.75 Å². The van der Waals surface area contributed by atoms with Crippen molar-refractivity contribution in [3.05, 3.63) is 65.2 Å². The Hall–Kier alpha value is -1.88. The Kier molecular flexibility index (Phi) is 6.07. The molecule has 2 aromatic carbocycles. The van der Waals surface area contributed by atoms with Gasteiger partial charge < -0.3 is 10.1 Å². The van der Waals surface area contributed by atoms with E-state index in [2.05, 4.69) is 70.6 Å². The Bertz CT molecular complexity index is 707. The first-order valence-electron chi connectivity index (χ1n) is 10.2. The average Bonchev–Trinajstić information content (AvgIpc) is 3.18. The van der Waals surface area contributed by atoms with Crippen LogP contribution in [0.4, 0.5) is 0 Å². The summed E-state index contributed by atoms with van der Waals surface area (Å²) in [5.74, 6) is 0.944. The molecule has 144 valence electrons. The molecule has 2 heterocycles. The fourth-order valence-corrected chi connectivity index (χ4v) is 4.10. The molecule has 27 heavy (non-hydrogen) atoms. The Morgan fingerprint density at radius 3 is 2.37 bits per heavy atom. The molecular weight excluding hydrogens is 334 g/mol. The maximum absolute atomic E-state index is 5.93. The van der Waals surface area contributed by atoms with E-state index in [1.807, 2.05) is 0 Å². The lowest BCUT2D eigenvalue weighted by molar-refractivity contribution is 0.170. The third-order valence-electron chi connectivity index (χ3n) is 5.77. The number of likely N-dealkylation sites (tertiary alicyclic amines) is 1. The zero-order valence-electron chi connectivity index (χ0n) is 16.4. The molecule has 0 bridgehead atoms. The molecule has 2 aromatic rings. The molecule has 0 aromatic heterocycles. The Balaban J connectivity index is 1.25. The minimum absolute atomic E-state index is 0.623. The topological polar surface area (TPSA) is 27.7 Å². The summed E-state index contributed by atoms with van der Waals surface area (Å²) in [6.07, 6.45) is 1.30. The van der Waals surface area contributed by atoms with Gasteiger partial charge in [0.25, 0.3) is 0 Å². The normalized spacial score (nSPS) is 21.4. The standard InChI is InChI=1S/C23H31N3O/c1-19-2-4-21(5-3-19)18-27-23-8-6-20(7-9-23)16-25-13-10-22(17-25)26-14-11-24-12-15-26/h2-9,22,24H,10-18H2,1H3. The predicted molar refractivity (Wildman–Crippen MR) is 110 cm³/mol. The van der Waals surface area contributed by atoms with Gasteiger partial charge in [0.15, 0.2) is 0 Å². The molecule has 1 unspecified atom stereocenters. The van der Waals surface area contributed by atoms with Crippen LogP contribution >= 0.6 is 0 Å². The van der Waals surface area contributed by atoms with Gasteiger partial charge in [-0.05, 0) is 36.6 Å². The van der Waals surface area contributed by atoms with Gasteiger partial charge in [0.05, 0.1) is 0 Å². The predicted octanol–water partition coefficient (Wildman–Crippen LogP) is 3.05. The summed E-state index contributed by atoms with van der Waals surface area (Å²) >= 11 is 0. The molecule has 4 heteroatoms. The van der Waals surface area contributed by atoms with E-state index in [1.165, 1.54) is 49.3 Å².